The summed E-state index contributed by atoms with van der Waals surface area (Å²) in [7, 11) is 0. The van der Waals surface area contributed by atoms with E-state index in [2.05, 4.69) is 5.48 Å². The molecular weight excluding hydrogens is 390 g/mol. The molecule has 2 aromatic carbocycles. The SMILES string of the molecule is O=C(Cc1cn(-c2ccccc2)nc1-c1ccc(Cl)cc1)NOC1CCCCO1. The Bertz CT molecular complexity index is 951. The molecule has 6 nitrogen and oxygen atoms in total. The molecule has 150 valence electrons. The van der Waals surface area contributed by atoms with Gasteiger partial charge in [0.25, 0.3) is 0 Å². The van der Waals surface area contributed by atoms with Crippen LogP contribution in [-0.2, 0) is 20.8 Å². The molecule has 1 amide bonds. The molecule has 0 bridgehead atoms. The third-order valence-electron chi connectivity index (χ3n) is 4.72. The molecule has 1 unspecified atom stereocenters. The number of amides is 1. The molecule has 1 N–H and O–H groups in total. The van der Waals surface area contributed by atoms with Crippen molar-refractivity contribution in [3.8, 4) is 16.9 Å². The maximum atomic E-state index is 12.5. The first kappa shape index (κ1) is 19.6. The number of carbonyl (C=O) groups is 1. The van der Waals surface area contributed by atoms with Gasteiger partial charge in [0.1, 0.15) is 0 Å². The highest BCUT2D eigenvalue weighted by molar-refractivity contribution is 6.30. The molecule has 0 spiro atoms. The van der Waals surface area contributed by atoms with Gasteiger partial charge < -0.3 is 4.74 Å². The molecule has 1 saturated heterocycles. The van der Waals surface area contributed by atoms with Gasteiger partial charge in [-0.2, -0.15) is 5.10 Å². The Labute approximate surface area is 174 Å². The number of ether oxygens (including phenoxy) is 1. The van der Waals surface area contributed by atoms with Gasteiger partial charge in [0.15, 0.2) is 6.29 Å². The van der Waals surface area contributed by atoms with Gasteiger partial charge in [0, 0.05) is 35.4 Å². The molecule has 1 atom stereocenters. The molecule has 0 saturated carbocycles. The molecule has 29 heavy (non-hydrogen) atoms. The Balaban J connectivity index is 1.54. The van der Waals surface area contributed by atoms with Gasteiger partial charge in [-0.1, -0.05) is 41.9 Å². The molecule has 1 aliphatic rings. The number of hydroxylamine groups is 1. The van der Waals surface area contributed by atoms with Crippen LogP contribution in [0.5, 0.6) is 0 Å². The number of para-hydroxylation sites is 1. The van der Waals surface area contributed by atoms with Crippen LogP contribution in [0, 0.1) is 0 Å². The van der Waals surface area contributed by atoms with Crippen molar-refractivity contribution >= 4 is 17.5 Å². The second-order valence-electron chi connectivity index (χ2n) is 6.91. The maximum absolute atomic E-state index is 12.5. The first-order valence-corrected chi connectivity index (χ1v) is 10.0. The molecule has 1 fully saturated rings. The molecule has 0 radical (unpaired) electrons. The first-order valence-electron chi connectivity index (χ1n) is 9.65. The summed E-state index contributed by atoms with van der Waals surface area (Å²) >= 11 is 6.02. The number of nitrogens with one attached hydrogen (secondary N) is 1. The fourth-order valence-corrected chi connectivity index (χ4v) is 3.37. The van der Waals surface area contributed by atoms with Crippen molar-refractivity contribution in [1.82, 2.24) is 15.3 Å². The third kappa shape index (κ3) is 5.03. The van der Waals surface area contributed by atoms with E-state index in [-0.39, 0.29) is 18.6 Å². The van der Waals surface area contributed by atoms with Crippen LogP contribution >= 0.6 is 11.6 Å². The minimum atomic E-state index is -0.379. The molecule has 3 aromatic rings. The average molecular weight is 412 g/mol. The molecule has 2 heterocycles. The maximum Gasteiger partial charge on any atom is 0.248 e. The number of aromatic nitrogens is 2. The lowest BCUT2D eigenvalue weighted by Gasteiger charge is -2.22. The molecule has 0 aliphatic carbocycles. The van der Waals surface area contributed by atoms with Crippen molar-refractivity contribution in [2.75, 3.05) is 6.61 Å². The summed E-state index contributed by atoms with van der Waals surface area (Å²) in [5, 5.41) is 5.36. The van der Waals surface area contributed by atoms with Crippen LogP contribution in [0.4, 0.5) is 0 Å². The number of nitrogens with zero attached hydrogens (tertiary/aromatic N) is 2. The van der Waals surface area contributed by atoms with Gasteiger partial charge in [-0.25, -0.2) is 15.0 Å². The van der Waals surface area contributed by atoms with Crippen molar-refractivity contribution in [3.63, 3.8) is 0 Å². The standard InChI is InChI=1S/C22H22ClN3O3/c23-18-11-9-16(10-12-18)22-17(15-26(24-22)19-6-2-1-3-7-19)14-20(27)25-29-21-8-4-5-13-28-21/h1-3,6-7,9-12,15,21H,4-5,8,13-14H2,(H,25,27). The fourth-order valence-electron chi connectivity index (χ4n) is 3.25. The minimum Gasteiger partial charge on any atom is -0.350 e. The highest BCUT2D eigenvalue weighted by atomic mass is 35.5. The number of hydrogen-bond donors (Lipinski definition) is 1. The van der Waals surface area contributed by atoms with Crippen molar-refractivity contribution < 1.29 is 14.4 Å². The van der Waals surface area contributed by atoms with Gasteiger partial charge in [-0.15, -0.1) is 0 Å². The average Bonchev–Trinajstić information content (AvgIpc) is 3.18. The molecule has 1 aliphatic heterocycles. The van der Waals surface area contributed by atoms with Crippen LogP contribution in [0.2, 0.25) is 5.02 Å². The summed E-state index contributed by atoms with van der Waals surface area (Å²) < 4.78 is 7.25. The lowest BCUT2D eigenvalue weighted by Crippen LogP contribution is -2.33. The second kappa shape index (κ2) is 9.22. The molecular formula is C22H22ClN3O3. The van der Waals surface area contributed by atoms with Gasteiger partial charge >= 0.3 is 0 Å². The van der Waals surface area contributed by atoms with Gasteiger partial charge in [0.2, 0.25) is 5.91 Å². The fraction of sp³-hybridized carbons (Fsp3) is 0.273. The highest BCUT2D eigenvalue weighted by Gasteiger charge is 2.18. The zero-order chi connectivity index (χ0) is 20.1. The Morgan fingerprint density at radius 1 is 1.17 bits per heavy atom. The highest BCUT2D eigenvalue weighted by Crippen LogP contribution is 2.25. The van der Waals surface area contributed by atoms with Crippen molar-refractivity contribution in [1.29, 1.82) is 0 Å². The van der Waals surface area contributed by atoms with Gasteiger partial charge in [-0.05, 0) is 37.1 Å². The van der Waals surface area contributed by atoms with Crippen molar-refractivity contribution in [2.24, 2.45) is 0 Å². The smallest absolute Gasteiger partial charge is 0.248 e. The summed E-state index contributed by atoms with van der Waals surface area (Å²) in [5.41, 5.74) is 5.85. The van der Waals surface area contributed by atoms with Gasteiger partial charge in [0.05, 0.1) is 17.8 Å². The molecule has 4 rings (SSSR count). The number of carbonyl (C=O) groups excluding carboxylic acids is 1. The summed E-state index contributed by atoms with van der Waals surface area (Å²) in [5.74, 6) is -0.248. The second-order valence-corrected chi connectivity index (χ2v) is 7.34. The Morgan fingerprint density at radius 2 is 1.97 bits per heavy atom. The Hall–Kier alpha value is -2.67. The molecule has 1 aromatic heterocycles. The van der Waals surface area contributed by atoms with Crippen molar-refractivity contribution in [3.05, 3.63) is 71.4 Å². The zero-order valence-electron chi connectivity index (χ0n) is 15.9. The number of rotatable bonds is 6. The van der Waals surface area contributed by atoms with E-state index in [1.165, 1.54) is 0 Å². The van der Waals surface area contributed by atoms with E-state index in [4.69, 9.17) is 26.3 Å². The van der Waals surface area contributed by atoms with E-state index in [1.807, 2.05) is 60.8 Å². The van der Waals surface area contributed by atoms with Crippen LogP contribution in [0.15, 0.2) is 60.8 Å². The normalized spacial score (nSPS) is 16.5. The number of hydrogen-bond acceptors (Lipinski definition) is 4. The van der Waals surface area contributed by atoms with Crippen LogP contribution in [0.25, 0.3) is 16.9 Å². The largest absolute Gasteiger partial charge is 0.350 e. The Morgan fingerprint density at radius 3 is 2.69 bits per heavy atom. The monoisotopic (exact) mass is 411 g/mol. The third-order valence-corrected chi connectivity index (χ3v) is 4.97. The van der Waals surface area contributed by atoms with E-state index in [1.54, 1.807) is 4.68 Å². The quantitative estimate of drug-likeness (QED) is 0.614. The summed E-state index contributed by atoms with van der Waals surface area (Å²) in [6.45, 7) is 0.658. The number of halogens is 1. The minimum absolute atomic E-state index is 0.136. The predicted octanol–water partition coefficient (Wildman–Crippen LogP) is 4.31. The first-order chi connectivity index (χ1) is 14.2. The lowest BCUT2D eigenvalue weighted by atomic mass is 10.1. The van der Waals surface area contributed by atoms with E-state index >= 15 is 0 Å². The zero-order valence-corrected chi connectivity index (χ0v) is 16.6. The van der Waals surface area contributed by atoms with E-state index < -0.39 is 0 Å². The summed E-state index contributed by atoms with van der Waals surface area (Å²) in [6, 6.07) is 17.2. The van der Waals surface area contributed by atoms with E-state index in [0.29, 0.717) is 11.6 Å². The Kier molecular flexibility index (Phi) is 6.24. The topological polar surface area (TPSA) is 65.4 Å². The van der Waals surface area contributed by atoms with E-state index in [9.17, 15) is 4.79 Å². The van der Waals surface area contributed by atoms with Crippen LogP contribution < -0.4 is 5.48 Å². The van der Waals surface area contributed by atoms with Gasteiger partial charge in [-0.3, -0.25) is 4.79 Å². The van der Waals surface area contributed by atoms with Crippen LogP contribution in [0.1, 0.15) is 24.8 Å². The molecule has 7 heteroatoms. The lowest BCUT2D eigenvalue weighted by molar-refractivity contribution is -0.200. The van der Waals surface area contributed by atoms with E-state index in [0.717, 1.165) is 41.8 Å². The summed E-state index contributed by atoms with van der Waals surface area (Å²) in [6.07, 6.45) is 4.47. The number of benzene rings is 2. The predicted molar refractivity (Wildman–Crippen MR) is 111 cm³/mol. The summed E-state index contributed by atoms with van der Waals surface area (Å²) in [4.78, 5) is 17.9. The van der Waals surface area contributed by atoms with Crippen LogP contribution in [-0.4, -0.2) is 28.6 Å². The van der Waals surface area contributed by atoms with Crippen LogP contribution in [0.3, 0.4) is 0 Å². The van der Waals surface area contributed by atoms with Crippen molar-refractivity contribution in [2.45, 2.75) is 32.0 Å².